The average Bonchev–Trinajstić information content (AvgIpc) is 3.28. The van der Waals surface area contributed by atoms with E-state index in [9.17, 15) is 4.79 Å². The molecule has 9 heteroatoms. The molecule has 0 radical (unpaired) electrons. The lowest BCUT2D eigenvalue weighted by Crippen LogP contribution is -2.22. The molecule has 154 valence electrons. The molecule has 0 fully saturated rings. The number of aromatic nitrogens is 6. The number of ether oxygens (including phenoxy) is 1. The Morgan fingerprint density at radius 2 is 1.87 bits per heavy atom. The van der Waals surface area contributed by atoms with Crippen molar-refractivity contribution in [2.75, 3.05) is 12.4 Å². The zero-order chi connectivity index (χ0) is 21.1. The summed E-state index contributed by atoms with van der Waals surface area (Å²) in [7, 11) is 1.85. The monoisotopic (exact) mass is 422 g/mol. The number of benzene rings is 2. The molecule has 4 rings (SSSR count). The summed E-state index contributed by atoms with van der Waals surface area (Å²) in [5.41, 5.74) is 2.97. The molecule has 0 amide bonds. The van der Waals surface area contributed by atoms with Gasteiger partial charge >= 0.3 is 0 Å². The number of nitrogens with zero attached hydrogens (tertiary/aromatic N) is 6. The first-order valence-electron chi connectivity index (χ1n) is 9.51. The van der Waals surface area contributed by atoms with Gasteiger partial charge in [-0.1, -0.05) is 42.1 Å². The summed E-state index contributed by atoms with van der Waals surface area (Å²) in [5, 5.41) is 12.5. The Bertz CT molecular complexity index is 1210. The van der Waals surface area contributed by atoms with Gasteiger partial charge in [0.2, 0.25) is 5.16 Å². The maximum absolute atomic E-state index is 13.2. The third-order valence-corrected chi connectivity index (χ3v) is 5.63. The highest BCUT2D eigenvalue weighted by Gasteiger charge is 2.21. The van der Waals surface area contributed by atoms with Crippen LogP contribution in [0.15, 0.2) is 64.5 Å². The van der Waals surface area contributed by atoms with E-state index in [-0.39, 0.29) is 5.56 Å². The molecule has 0 atom stereocenters. The van der Waals surface area contributed by atoms with Crippen molar-refractivity contribution in [3.63, 3.8) is 0 Å². The van der Waals surface area contributed by atoms with Crippen LogP contribution in [0.5, 0.6) is 5.75 Å². The second kappa shape index (κ2) is 8.58. The van der Waals surface area contributed by atoms with Crippen LogP contribution < -0.4 is 10.3 Å². The van der Waals surface area contributed by atoms with Crippen molar-refractivity contribution >= 4 is 11.8 Å². The molecule has 0 aliphatic carbocycles. The minimum atomic E-state index is -0.175. The van der Waals surface area contributed by atoms with Gasteiger partial charge in [-0.2, -0.15) is 4.68 Å². The number of thioether (sulfide) groups is 1. The molecule has 0 bridgehead atoms. The molecular formula is C21H22N6O2S. The molecule has 0 aliphatic rings. The third kappa shape index (κ3) is 3.88. The lowest BCUT2D eigenvalue weighted by Gasteiger charge is -2.07. The van der Waals surface area contributed by atoms with Crippen molar-refractivity contribution in [1.82, 2.24) is 29.6 Å². The van der Waals surface area contributed by atoms with E-state index in [1.54, 1.807) is 4.68 Å². The van der Waals surface area contributed by atoms with Gasteiger partial charge in [0, 0.05) is 12.8 Å². The highest BCUT2D eigenvalue weighted by atomic mass is 32.2. The van der Waals surface area contributed by atoms with Gasteiger partial charge in [0.25, 0.3) is 5.56 Å². The fraction of sp³-hybridized carbons (Fsp3) is 0.238. The topological polar surface area (TPSA) is 79.8 Å². The van der Waals surface area contributed by atoms with Crippen molar-refractivity contribution in [3.05, 3.63) is 76.2 Å². The molecule has 30 heavy (non-hydrogen) atoms. The highest BCUT2D eigenvalue weighted by molar-refractivity contribution is 7.99. The Labute approximate surface area is 178 Å². The number of tetrazole rings is 1. The maximum atomic E-state index is 13.2. The molecule has 0 N–H and O–H groups in total. The fourth-order valence-electron chi connectivity index (χ4n) is 3.20. The van der Waals surface area contributed by atoms with E-state index in [0.717, 1.165) is 22.7 Å². The van der Waals surface area contributed by atoms with Gasteiger partial charge < -0.3 is 4.74 Å². The maximum Gasteiger partial charge on any atom is 0.297 e. The first kappa shape index (κ1) is 20.0. The summed E-state index contributed by atoms with van der Waals surface area (Å²) < 4.78 is 10.7. The van der Waals surface area contributed by atoms with Crippen molar-refractivity contribution in [2.45, 2.75) is 19.0 Å². The third-order valence-electron chi connectivity index (χ3n) is 4.75. The summed E-state index contributed by atoms with van der Waals surface area (Å²) >= 11 is 1.44. The van der Waals surface area contributed by atoms with Crippen LogP contribution in [0.1, 0.15) is 11.3 Å². The SMILES string of the molecule is Cc1cccc(OCCSc2nnnn2-c2c(C)n(C)n(-c3ccccc3)c2=O)c1. The van der Waals surface area contributed by atoms with Crippen molar-refractivity contribution in [1.29, 1.82) is 0 Å². The predicted molar refractivity (Wildman–Crippen MR) is 116 cm³/mol. The van der Waals surface area contributed by atoms with Gasteiger partial charge in [0.1, 0.15) is 5.75 Å². The van der Waals surface area contributed by atoms with Crippen LogP contribution in [0.25, 0.3) is 11.4 Å². The number of rotatable bonds is 7. The van der Waals surface area contributed by atoms with Gasteiger partial charge in [-0.15, -0.1) is 5.10 Å². The molecular weight excluding hydrogens is 400 g/mol. The van der Waals surface area contributed by atoms with E-state index in [2.05, 4.69) is 15.5 Å². The van der Waals surface area contributed by atoms with Gasteiger partial charge in [-0.3, -0.25) is 9.48 Å². The fourth-order valence-corrected chi connectivity index (χ4v) is 3.90. The Kier molecular flexibility index (Phi) is 5.71. The van der Waals surface area contributed by atoms with Crippen molar-refractivity contribution in [2.24, 2.45) is 7.05 Å². The lowest BCUT2D eigenvalue weighted by atomic mass is 10.2. The second-order valence-corrected chi connectivity index (χ2v) is 7.86. The number of para-hydroxylation sites is 1. The molecule has 2 aromatic carbocycles. The van der Waals surface area contributed by atoms with E-state index < -0.39 is 0 Å². The molecule has 0 unspecified atom stereocenters. The minimum Gasteiger partial charge on any atom is -0.493 e. The Morgan fingerprint density at radius 1 is 1.07 bits per heavy atom. The average molecular weight is 423 g/mol. The van der Waals surface area contributed by atoms with Crippen molar-refractivity contribution < 1.29 is 4.74 Å². The summed E-state index contributed by atoms with van der Waals surface area (Å²) in [6.45, 7) is 4.41. The largest absolute Gasteiger partial charge is 0.493 e. The van der Waals surface area contributed by atoms with Crippen LogP contribution in [0.2, 0.25) is 0 Å². The van der Waals surface area contributed by atoms with Crippen LogP contribution >= 0.6 is 11.8 Å². The first-order chi connectivity index (χ1) is 14.6. The zero-order valence-corrected chi connectivity index (χ0v) is 17.8. The Hall–Kier alpha value is -3.33. The van der Waals surface area contributed by atoms with Crippen LogP contribution in [-0.4, -0.2) is 41.9 Å². The zero-order valence-electron chi connectivity index (χ0n) is 17.0. The van der Waals surface area contributed by atoms with E-state index in [1.807, 2.05) is 80.2 Å². The molecule has 0 aliphatic heterocycles. The Balaban J connectivity index is 1.54. The quantitative estimate of drug-likeness (QED) is 0.337. The summed E-state index contributed by atoms with van der Waals surface area (Å²) in [4.78, 5) is 13.2. The first-order valence-corrected chi connectivity index (χ1v) is 10.5. The van der Waals surface area contributed by atoms with E-state index in [4.69, 9.17) is 4.74 Å². The van der Waals surface area contributed by atoms with E-state index in [1.165, 1.54) is 16.4 Å². The Morgan fingerprint density at radius 3 is 2.63 bits per heavy atom. The smallest absolute Gasteiger partial charge is 0.297 e. The number of hydrogen-bond donors (Lipinski definition) is 0. The second-order valence-electron chi connectivity index (χ2n) is 6.80. The molecule has 2 aromatic heterocycles. The number of hydrogen-bond acceptors (Lipinski definition) is 6. The summed E-state index contributed by atoms with van der Waals surface area (Å²) in [6, 6.07) is 17.4. The standard InChI is InChI=1S/C21H22N6O2S/c1-15-8-7-11-18(14-15)29-12-13-30-21-22-23-24-26(21)19-16(2)25(3)27(20(19)28)17-9-5-4-6-10-17/h4-11,14H,12-13H2,1-3H3. The van der Waals surface area contributed by atoms with Crippen LogP contribution in [0, 0.1) is 13.8 Å². The molecule has 0 spiro atoms. The minimum absolute atomic E-state index is 0.175. The van der Waals surface area contributed by atoms with Crippen LogP contribution in [0.3, 0.4) is 0 Å². The normalized spacial score (nSPS) is 11.0. The van der Waals surface area contributed by atoms with Crippen LogP contribution in [-0.2, 0) is 7.05 Å². The van der Waals surface area contributed by atoms with Crippen molar-refractivity contribution in [3.8, 4) is 17.1 Å². The molecule has 4 aromatic rings. The summed E-state index contributed by atoms with van der Waals surface area (Å²) in [6.07, 6.45) is 0. The lowest BCUT2D eigenvalue weighted by molar-refractivity contribution is 0.343. The van der Waals surface area contributed by atoms with Gasteiger partial charge in [-0.25, -0.2) is 4.68 Å². The highest BCUT2D eigenvalue weighted by Crippen LogP contribution is 2.20. The molecule has 0 saturated heterocycles. The number of aryl methyl sites for hydroxylation is 1. The predicted octanol–water partition coefficient (Wildman–Crippen LogP) is 2.94. The summed E-state index contributed by atoms with van der Waals surface area (Å²) in [5.74, 6) is 1.48. The van der Waals surface area contributed by atoms with E-state index >= 15 is 0 Å². The molecule has 2 heterocycles. The van der Waals surface area contributed by atoms with Gasteiger partial charge in [0.15, 0.2) is 5.69 Å². The van der Waals surface area contributed by atoms with Crippen LogP contribution in [0.4, 0.5) is 0 Å². The molecule has 8 nitrogen and oxygen atoms in total. The van der Waals surface area contributed by atoms with Gasteiger partial charge in [-0.05, 0) is 54.1 Å². The molecule has 0 saturated carbocycles. The van der Waals surface area contributed by atoms with E-state index in [0.29, 0.717) is 23.2 Å². The van der Waals surface area contributed by atoms with Gasteiger partial charge in [0.05, 0.1) is 18.0 Å².